The molecule has 2 aromatic rings. The van der Waals surface area contributed by atoms with Crippen LogP contribution in [0.4, 0.5) is 5.69 Å². The number of anilines is 1. The fraction of sp³-hybridized carbons (Fsp3) is 0.500. The molecule has 1 saturated carbocycles. The Bertz CT molecular complexity index is 644. The Balaban J connectivity index is 1.52. The van der Waals surface area contributed by atoms with Crippen LogP contribution in [0.15, 0.2) is 12.4 Å². The minimum atomic E-state index is 0.0288. The number of aryl methyl sites for hydroxylation is 2. The first-order valence-electron chi connectivity index (χ1n) is 7.09. The third-order valence-corrected chi connectivity index (χ3v) is 4.41. The van der Waals surface area contributed by atoms with Crippen LogP contribution >= 0.6 is 11.3 Å². The van der Waals surface area contributed by atoms with Gasteiger partial charge >= 0.3 is 0 Å². The molecule has 0 atom stereocenters. The van der Waals surface area contributed by atoms with Gasteiger partial charge in [-0.1, -0.05) is 0 Å². The summed E-state index contributed by atoms with van der Waals surface area (Å²) in [6, 6.07) is 0.392. The first kappa shape index (κ1) is 14.1. The number of carbonyl (C=O) groups is 1. The third-order valence-electron chi connectivity index (χ3n) is 3.33. The van der Waals surface area contributed by atoms with E-state index in [0.717, 1.165) is 35.8 Å². The predicted molar refractivity (Wildman–Crippen MR) is 82.3 cm³/mol. The van der Waals surface area contributed by atoms with Crippen LogP contribution in [-0.4, -0.2) is 26.7 Å². The zero-order valence-electron chi connectivity index (χ0n) is 12.2. The lowest BCUT2D eigenvalue weighted by Crippen LogP contribution is -2.29. The Morgan fingerprint density at radius 2 is 2.29 bits per heavy atom. The van der Waals surface area contributed by atoms with E-state index in [0.29, 0.717) is 6.04 Å². The van der Waals surface area contributed by atoms with E-state index in [4.69, 9.17) is 0 Å². The van der Waals surface area contributed by atoms with Crippen molar-refractivity contribution < 1.29 is 4.79 Å². The van der Waals surface area contributed by atoms with Crippen molar-refractivity contribution in [2.45, 2.75) is 45.8 Å². The summed E-state index contributed by atoms with van der Waals surface area (Å²) < 4.78 is 1.66. The average Bonchev–Trinajstić information content (AvgIpc) is 3.01. The van der Waals surface area contributed by atoms with Gasteiger partial charge in [0.1, 0.15) is 6.54 Å². The van der Waals surface area contributed by atoms with E-state index in [9.17, 15) is 4.79 Å². The second kappa shape index (κ2) is 5.85. The first-order chi connectivity index (χ1) is 10.1. The Morgan fingerprint density at radius 1 is 1.48 bits per heavy atom. The minimum absolute atomic E-state index is 0.0288. The van der Waals surface area contributed by atoms with Gasteiger partial charge in [-0.05, 0) is 26.7 Å². The molecule has 3 rings (SSSR count). The summed E-state index contributed by atoms with van der Waals surface area (Å²) in [7, 11) is 0. The van der Waals surface area contributed by atoms with Crippen LogP contribution in [0.1, 0.15) is 28.4 Å². The molecule has 1 aliphatic rings. The summed E-state index contributed by atoms with van der Waals surface area (Å²) in [4.78, 5) is 17.3. The molecular formula is C14H19N5OS. The van der Waals surface area contributed by atoms with Gasteiger partial charge < -0.3 is 10.6 Å². The standard InChI is InChI=1S/C14H19N5OS/c1-9-13(21-10(2)17-9)6-15-12-5-16-19(7-12)8-14(20)18-11-3-4-11/h5,7,11,15H,3-4,6,8H2,1-2H3,(H,18,20). The number of hydrogen-bond acceptors (Lipinski definition) is 5. The van der Waals surface area contributed by atoms with E-state index in [-0.39, 0.29) is 12.5 Å². The quantitative estimate of drug-likeness (QED) is 0.854. The Labute approximate surface area is 127 Å². The molecule has 0 saturated heterocycles. The molecule has 21 heavy (non-hydrogen) atoms. The Kier molecular flexibility index (Phi) is 3.92. The molecule has 0 aliphatic heterocycles. The van der Waals surface area contributed by atoms with Crippen molar-refractivity contribution in [2.75, 3.05) is 5.32 Å². The molecule has 0 unspecified atom stereocenters. The summed E-state index contributed by atoms with van der Waals surface area (Å²) in [5.41, 5.74) is 1.99. The lowest BCUT2D eigenvalue weighted by molar-refractivity contribution is -0.122. The Hall–Kier alpha value is -1.89. The molecule has 1 amide bonds. The maximum absolute atomic E-state index is 11.7. The lowest BCUT2D eigenvalue weighted by atomic mass is 10.4. The molecule has 1 aliphatic carbocycles. The second-order valence-electron chi connectivity index (χ2n) is 5.36. The van der Waals surface area contributed by atoms with Gasteiger partial charge in [0.25, 0.3) is 0 Å². The molecule has 0 aromatic carbocycles. The highest BCUT2D eigenvalue weighted by molar-refractivity contribution is 7.11. The highest BCUT2D eigenvalue weighted by Gasteiger charge is 2.23. The second-order valence-corrected chi connectivity index (χ2v) is 6.65. The van der Waals surface area contributed by atoms with Crippen molar-refractivity contribution in [2.24, 2.45) is 0 Å². The summed E-state index contributed by atoms with van der Waals surface area (Å²) in [6.07, 6.45) is 5.81. The fourth-order valence-corrected chi connectivity index (χ4v) is 2.99. The van der Waals surface area contributed by atoms with Crippen LogP contribution in [0, 0.1) is 13.8 Å². The van der Waals surface area contributed by atoms with Crippen molar-refractivity contribution in [3.63, 3.8) is 0 Å². The van der Waals surface area contributed by atoms with Crippen LogP contribution < -0.4 is 10.6 Å². The highest BCUT2D eigenvalue weighted by Crippen LogP contribution is 2.19. The summed E-state index contributed by atoms with van der Waals surface area (Å²) >= 11 is 1.70. The zero-order valence-corrected chi connectivity index (χ0v) is 13.0. The van der Waals surface area contributed by atoms with Crippen molar-refractivity contribution in [3.8, 4) is 0 Å². The SMILES string of the molecule is Cc1nc(C)c(CNc2cnn(CC(=O)NC3CC3)c2)s1. The van der Waals surface area contributed by atoms with E-state index >= 15 is 0 Å². The van der Waals surface area contributed by atoms with Gasteiger partial charge in [0.05, 0.1) is 29.1 Å². The molecule has 0 radical (unpaired) electrons. The van der Waals surface area contributed by atoms with Gasteiger partial charge in [0.15, 0.2) is 0 Å². The average molecular weight is 305 g/mol. The van der Waals surface area contributed by atoms with Crippen molar-refractivity contribution in [1.82, 2.24) is 20.1 Å². The van der Waals surface area contributed by atoms with Gasteiger partial charge in [-0.2, -0.15) is 5.10 Å². The summed E-state index contributed by atoms with van der Waals surface area (Å²) in [5.74, 6) is 0.0288. The molecule has 0 spiro atoms. The third kappa shape index (κ3) is 3.81. The molecule has 0 bridgehead atoms. The predicted octanol–water partition coefficient (Wildman–Crippen LogP) is 1.85. The minimum Gasteiger partial charge on any atom is -0.378 e. The highest BCUT2D eigenvalue weighted by atomic mass is 32.1. The molecule has 6 nitrogen and oxygen atoms in total. The normalized spacial score (nSPS) is 14.2. The van der Waals surface area contributed by atoms with Gasteiger partial charge in [0, 0.05) is 17.1 Å². The zero-order chi connectivity index (χ0) is 14.8. The number of carbonyl (C=O) groups excluding carboxylic acids is 1. The summed E-state index contributed by atoms with van der Waals surface area (Å²) in [5, 5.41) is 11.6. The number of rotatable bonds is 6. The maximum atomic E-state index is 11.7. The van der Waals surface area contributed by atoms with Crippen molar-refractivity contribution in [1.29, 1.82) is 0 Å². The topological polar surface area (TPSA) is 71.8 Å². The summed E-state index contributed by atoms with van der Waals surface area (Å²) in [6.45, 7) is 5.04. The van der Waals surface area contributed by atoms with E-state index in [1.165, 1.54) is 4.88 Å². The van der Waals surface area contributed by atoms with Gasteiger partial charge in [-0.15, -0.1) is 11.3 Å². The van der Waals surface area contributed by atoms with Crippen LogP contribution in [-0.2, 0) is 17.9 Å². The number of thiazole rings is 1. The Morgan fingerprint density at radius 3 is 2.95 bits per heavy atom. The van der Waals surface area contributed by atoms with E-state index in [1.54, 1.807) is 22.2 Å². The molecule has 112 valence electrons. The van der Waals surface area contributed by atoms with Crippen molar-refractivity contribution in [3.05, 3.63) is 28.0 Å². The van der Waals surface area contributed by atoms with E-state index in [1.807, 2.05) is 20.0 Å². The lowest BCUT2D eigenvalue weighted by Gasteiger charge is -2.03. The molecule has 2 aromatic heterocycles. The number of amides is 1. The van der Waals surface area contributed by atoms with Crippen LogP contribution in [0.25, 0.3) is 0 Å². The first-order valence-corrected chi connectivity index (χ1v) is 7.90. The molecular weight excluding hydrogens is 286 g/mol. The smallest absolute Gasteiger partial charge is 0.241 e. The van der Waals surface area contributed by atoms with Crippen molar-refractivity contribution >= 4 is 22.9 Å². The number of nitrogens with zero attached hydrogens (tertiary/aromatic N) is 3. The van der Waals surface area contributed by atoms with E-state index in [2.05, 4.69) is 20.7 Å². The number of hydrogen-bond donors (Lipinski definition) is 2. The fourth-order valence-electron chi connectivity index (χ4n) is 2.11. The maximum Gasteiger partial charge on any atom is 0.241 e. The van der Waals surface area contributed by atoms with Gasteiger partial charge in [-0.25, -0.2) is 4.98 Å². The van der Waals surface area contributed by atoms with Crippen LogP contribution in [0.3, 0.4) is 0 Å². The molecule has 2 N–H and O–H groups in total. The molecule has 2 heterocycles. The monoisotopic (exact) mass is 305 g/mol. The largest absolute Gasteiger partial charge is 0.378 e. The molecule has 7 heteroatoms. The number of aromatic nitrogens is 3. The van der Waals surface area contributed by atoms with Gasteiger partial charge in [0.2, 0.25) is 5.91 Å². The van der Waals surface area contributed by atoms with Gasteiger partial charge in [-0.3, -0.25) is 9.48 Å². The van der Waals surface area contributed by atoms with Crippen LogP contribution in [0.2, 0.25) is 0 Å². The number of nitrogens with one attached hydrogen (secondary N) is 2. The van der Waals surface area contributed by atoms with E-state index < -0.39 is 0 Å². The van der Waals surface area contributed by atoms with Crippen LogP contribution in [0.5, 0.6) is 0 Å². The molecule has 1 fully saturated rings.